The van der Waals surface area contributed by atoms with Crippen LogP contribution in [0, 0.1) is 5.92 Å². The number of thioether (sulfide) groups is 1. The van der Waals surface area contributed by atoms with Gasteiger partial charge in [-0.25, -0.2) is 0 Å². The molecule has 1 heterocycles. The number of benzene rings is 1. The van der Waals surface area contributed by atoms with Crippen LogP contribution in [0.1, 0.15) is 43.7 Å². The fourth-order valence-corrected chi connectivity index (χ4v) is 4.58. The molecule has 23 heavy (non-hydrogen) atoms. The summed E-state index contributed by atoms with van der Waals surface area (Å²) in [6.07, 6.45) is 5.66. The summed E-state index contributed by atoms with van der Waals surface area (Å²) in [4.78, 5) is 12.5. The molecular formula is C18H27ClN2OS. The third kappa shape index (κ3) is 5.40. The first-order chi connectivity index (χ1) is 10.8. The third-order valence-electron chi connectivity index (χ3n) is 4.78. The van der Waals surface area contributed by atoms with Crippen molar-refractivity contribution in [3.05, 3.63) is 35.9 Å². The fourth-order valence-electron chi connectivity index (χ4n) is 3.63. The maximum Gasteiger partial charge on any atom is 0.222 e. The van der Waals surface area contributed by atoms with Crippen molar-refractivity contribution in [2.24, 2.45) is 5.92 Å². The van der Waals surface area contributed by atoms with E-state index in [-0.39, 0.29) is 24.4 Å². The van der Waals surface area contributed by atoms with Crippen LogP contribution in [-0.4, -0.2) is 30.0 Å². The van der Waals surface area contributed by atoms with Crippen LogP contribution in [0.5, 0.6) is 0 Å². The maximum absolute atomic E-state index is 12.5. The quantitative estimate of drug-likeness (QED) is 0.849. The van der Waals surface area contributed by atoms with Gasteiger partial charge < -0.3 is 10.6 Å². The molecular weight excluding hydrogens is 328 g/mol. The van der Waals surface area contributed by atoms with Gasteiger partial charge in [0.05, 0.1) is 6.04 Å². The average Bonchev–Trinajstić information content (AvgIpc) is 3.08. The second-order valence-corrected chi connectivity index (χ2v) is 7.58. The van der Waals surface area contributed by atoms with E-state index in [1.165, 1.54) is 31.2 Å². The fraction of sp³-hybridized carbons (Fsp3) is 0.611. The molecule has 2 unspecified atom stereocenters. The molecule has 0 aromatic heterocycles. The lowest BCUT2D eigenvalue weighted by Gasteiger charge is -2.27. The van der Waals surface area contributed by atoms with Gasteiger partial charge in [-0.15, -0.1) is 12.4 Å². The van der Waals surface area contributed by atoms with Crippen LogP contribution in [0.2, 0.25) is 0 Å². The molecule has 1 saturated heterocycles. The summed E-state index contributed by atoms with van der Waals surface area (Å²) in [5.41, 5.74) is 1.26. The van der Waals surface area contributed by atoms with E-state index in [0.29, 0.717) is 18.4 Å². The Morgan fingerprint density at radius 3 is 2.65 bits per heavy atom. The van der Waals surface area contributed by atoms with E-state index in [1.54, 1.807) is 0 Å². The van der Waals surface area contributed by atoms with Gasteiger partial charge in [-0.1, -0.05) is 43.2 Å². The second kappa shape index (κ2) is 9.55. The minimum Gasteiger partial charge on any atom is -0.349 e. The molecule has 1 aliphatic carbocycles. The molecule has 0 bridgehead atoms. The average molecular weight is 355 g/mol. The van der Waals surface area contributed by atoms with Crippen LogP contribution < -0.4 is 10.6 Å². The number of hydrogen-bond acceptors (Lipinski definition) is 3. The zero-order valence-corrected chi connectivity index (χ0v) is 15.1. The number of rotatable bonds is 5. The predicted molar refractivity (Wildman–Crippen MR) is 100 cm³/mol. The Kier molecular flexibility index (Phi) is 7.74. The number of hydrogen-bond donors (Lipinski definition) is 2. The number of carbonyl (C=O) groups excluding carboxylic acids is 1. The molecule has 2 atom stereocenters. The van der Waals surface area contributed by atoms with E-state index in [4.69, 9.17) is 0 Å². The highest BCUT2D eigenvalue weighted by Crippen LogP contribution is 2.35. The lowest BCUT2D eigenvalue weighted by molar-refractivity contribution is -0.122. The lowest BCUT2D eigenvalue weighted by atomic mass is 9.91. The zero-order valence-electron chi connectivity index (χ0n) is 13.5. The smallest absolute Gasteiger partial charge is 0.222 e. The van der Waals surface area contributed by atoms with Crippen molar-refractivity contribution in [2.75, 3.05) is 18.1 Å². The molecule has 2 N–H and O–H groups in total. The Morgan fingerprint density at radius 1 is 1.26 bits per heavy atom. The van der Waals surface area contributed by atoms with Crippen molar-refractivity contribution in [3.63, 3.8) is 0 Å². The predicted octanol–water partition coefficient (Wildman–Crippen LogP) is 3.55. The van der Waals surface area contributed by atoms with Crippen LogP contribution in [0.3, 0.4) is 0 Å². The monoisotopic (exact) mass is 354 g/mol. The van der Waals surface area contributed by atoms with Crippen LogP contribution >= 0.6 is 24.2 Å². The van der Waals surface area contributed by atoms with Crippen LogP contribution in [0.4, 0.5) is 0 Å². The van der Waals surface area contributed by atoms with Gasteiger partial charge >= 0.3 is 0 Å². The van der Waals surface area contributed by atoms with Crippen LogP contribution in [-0.2, 0) is 4.79 Å². The number of carbonyl (C=O) groups is 1. The Hall–Kier alpha value is -0.710. The van der Waals surface area contributed by atoms with Gasteiger partial charge in [-0.2, -0.15) is 11.8 Å². The van der Waals surface area contributed by atoms with Crippen molar-refractivity contribution in [3.8, 4) is 0 Å². The lowest BCUT2D eigenvalue weighted by Crippen LogP contribution is -2.42. The standard InChI is InChI=1S/C18H26N2OS.ClH/c21-17(12-16-13-22-11-10-19-16)20-18(15-8-4-5-9-15)14-6-2-1-3-7-14;/h1-3,6-7,15-16,18-19H,4-5,8-13H2,(H,20,21);1H. The second-order valence-electron chi connectivity index (χ2n) is 6.43. The van der Waals surface area contributed by atoms with Crippen molar-refractivity contribution >= 4 is 30.1 Å². The Labute approximate surface area is 149 Å². The van der Waals surface area contributed by atoms with Gasteiger partial charge in [0.25, 0.3) is 0 Å². The molecule has 1 aromatic rings. The molecule has 1 amide bonds. The van der Waals surface area contributed by atoms with Crippen LogP contribution in [0.15, 0.2) is 30.3 Å². The highest BCUT2D eigenvalue weighted by molar-refractivity contribution is 7.99. The summed E-state index contributed by atoms with van der Waals surface area (Å²) in [5, 5.41) is 6.79. The Bertz CT molecular complexity index is 473. The van der Waals surface area contributed by atoms with Crippen LogP contribution in [0.25, 0.3) is 0 Å². The number of nitrogens with one attached hydrogen (secondary N) is 2. The van der Waals surface area contributed by atoms with Gasteiger partial charge in [0.15, 0.2) is 0 Å². The highest BCUT2D eigenvalue weighted by Gasteiger charge is 2.28. The van der Waals surface area contributed by atoms with E-state index >= 15 is 0 Å². The van der Waals surface area contributed by atoms with E-state index in [0.717, 1.165) is 18.1 Å². The first-order valence-corrected chi connectivity index (χ1v) is 9.64. The first kappa shape index (κ1) is 18.6. The molecule has 0 radical (unpaired) electrons. The minimum absolute atomic E-state index is 0. The summed E-state index contributed by atoms with van der Waals surface area (Å²) >= 11 is 1.94. The molecule has 128 valence electrons. The molecule has 2 aliphatic rings. The summed E-state index contributed by atoms with van der Waals surface area (Å²) < 4.78 is 0. The number of amides is 1. The van der Waals surface area contributed by atoms with Crippen molar-refractivity contribution in [2.45, 2.75) is 44.2 Å². The summed E-state index contributed by atoms with van der Waals surface area (Å²) in [6, 6.07) is 11.0. The highest BCUT2D eigenvalue weighted by atomic mass is 35.5. The van der Waals surface area contributed by atoms with Gasteiger partial charge in [0, 0.05) is 30.5 Å². The summed E-state index contributed by atoms with van der Waals surface area (Å²) in [5.74, 6) is 3.00. The van der Waals surface area contributed by atoms with E-state index in [9.17, 15) is 4.79 Å². The van der Waals surface area contributed by atoms with E-state index in [1.807, 2.05) is 17.8 Å². The maximum atomic E-state index is 12.5. The first-order valence-electron chi connectivity index (χ1n) is 8.48. The number of halogens is 1. The SMILES string of the molecule is Cl.O=C(CC1CSCCN1)NC(c1ccccc1)C1CCCC1. The molecule has 2 fully saturated rings. The molecule has 3 rings (SSSR count). The molecule has 0 spiro atoms. The summed E-state index contributed by atoms with van der Waals surface area (Å²) in [7, 11) is 0. The Balaban J connectivity index is 0.00000192. The molecule has 1 aromatic carbocycles. The zero-order chi connectivity index (χ0) is 15.2. The van der Waals surface area contributed by atoms with Gasteiger partial charge in [-0.05, 0) is 24.3 Å². The van der Waals surface area contributed by atoms with Crippen molar-refractivity contribution in [1.82, 2.24) is 10.6 Å². The normalized spacial score (nSPS) is 23.0. The van der Waals surface area contributed by atoms with Crippen molar-refractivity contribution < 1.29 is 4.79 Å². The largest absolute Gasteiger partial charge is 0.349 e. The topological polar surface area (TPSA) is 41.1 Å². The van der Waals surface area contributed by atoms with E-state index < -0.39 is 0 Å². The van der Waals surface area contributed by atoms with Gasteiger partial charge in [-0.3, -0.25) is 4.79 Å². The van der Waals surface area contributed by atoms with Gasteiger partial charge in [0.2, 0.25) is 5.91 Å². The Morgan fingerprint density at radius 2 is 2.00 bits per heavy atom. The third-order valence-corrected chi connectivity index (χ3v) is 5.91. The summed E-state index contributed by atoms with van der Waals surface area (Å²) in [6.45, 7) is 1.02. The molecule has 5 heteroatoms. The molecule has 1 aliphatic heterocycles. The molecule has 3 nitrogen and oxygen atoms in total. The van der Waals surface area contributed by atoms with E-state index in [2.05, 4.69) is 34.9 Å². The molecule has 1 saturated carbocycles. The van der Waals surface area contributed by atoms with Crippen molar-refractivity contribution in [1.29, 1.82) is 0 Å². The minimum atomic E-state index is 0. The van der Waals surface area contributed by atoms with Gasteiger partial charge in [0.1, 0.15) is 0 Å².